The van der Waals surface area contributed by atoms with E-state index in [0.29, 0.717) is 12.1 Å². The van der Waals surface area contributed by atoms with Gasteiger partial charge in [-0.2, -0.15) is 0 Å². The summed E-state index contributed by atoms with van der Waals surface area (Å²) in [7, 11) is 0. The second kappa shape index (κ2) is 7.20. The van der Waals surface area contributed by atoms with Gasteiger partial charge in [0.2, 0.25) is 0 Å². The van der Waals surface area contributed by atoms with E-state index in [1.54, 1.807) is 0 Å². The molecule has 0 saturated heterocycles. The van der Waals surface area contributed by atoms with Crippen LogP contribution in [0, 0.1) is 0 Å². The third-order valence-corrected chi connectivity index (χ3v) is 3.10. The number of rotatable bonds is 4. The summed E-state index contributed by atoms with van der Waals surface area (Å²) in [6.45, 7) is 4.41. The van der Waals surface area contributed by atoms with Crippen molar-refractivity contribution in [3.8, 4) is 0 Å². The van der Waals surface area contributed by atoms with Crippen molar-refractivity contribution >= 4 is 12.4 Å². The molecule has 2 atom stereocenters. The van der Waals surface area contributed by atoms with Crippen molar-refractivity contribution in [1.29, 1.82) is 0 Å². The first-order chi connectivity index (χ1) is 8.27. The zero-order chi connectivity index (χ0) is 12.1. The average Bonchev–Trinajstić information content (AvgIpc) is 2.40. The van der Waals surface area contributed by atoms with Gasteiger partial charge in [-0.3, -0.25) is 0 Å². The molecule has 1 nitrogen and oxygen atoms in total. The molecule has 0 aliphatic heterocycles. The minimum absolute atomic E-state index is 0. The first kappa shape index (κ1) is 14.7. The fourth-order valence-corrected chi connectivity index (χ4v) is 2.05. The van der Waals surface area contributed by atoms with Gasteiger partial charge >= 0.3 is 0 Å². The van der Waals surface area contributed by atoms with Crippen molar-refractivity contribution in [2.24, 2.45) is 0 Å². The molecular formula is C16H20ClN. The van der Waals surface area contributed by atoms with Crippen LogP contribution in [-0.2, 0) is 0 Å². The summed E-state index contributed by atoms with van der Waals surface area (Å²) in [6, 6.07) is 21.8. The zero-order valence-electron chi connectivity index (χ0n) is 10.8. The highest BCUT2D eigenvalue weighted by Crippen LogP contribution is 2.18. The zero-order valence-corrected chi connectivity index (χ0v) is 11.7. The summed E-state index contributed by atoms with van der Waals surface area (Å²) in [5, 5.41) is 3.61. The maximum absolute atomic E-state index is 3.61. The molecule has 0 fully saturated rings. The van der Waals surface area contributed by atoms with Crippen molar-refractivity contribution in [2.75, 3.05) is 0 Å². The lowest BCUT2D eigenvalue weighted by atomic mass is 10.0. The summed E-state index contributed by atoms with van der Waals surface area (Å²) in [5.74, 6) is 0. The second-order valence-corrected chi connectivity index (χ2v) is 4.43. The number of hydrogen-bond donors (Lipinski definition) is 1. The Kier molecular flexibility index (Phi) is 5.90. The van der Waals surface area contributed by atoms with Gasteiger partial charge in [0.15, 0.2) is 0 Å². The maximum atomic E-state index is 3.61. The molecular weight excluding hydrogens is 242 g/mol. The molecule has 0 saturated carbocycles. The highest BCUT2D eigenvalue weighted by atomic mass is 35.5. The van der Waals surface area contributed by atoms with E-state index >= 15 is 0 Å². The van der Waals surface area contributed by atoms with Gasteiger partial charge in [0.25, 0.3) is 0 Å². The van der Waals surface area contributed by atoms with Gasteiger partial charge < -0.3 is 5.32 Å². The average molecular weight is 262 g/mol. The molecule has 0 aromatic heterocycles. The Morgan fingerprint density at radius 3 is 1.33 bits per heavy atom. The van der Waals surface area contributed by atoms with E-state index in [1.165, 1.54) is 11.1 Å². The monoisotopic (exact) mass is 261 g/mol. The molecule has 0 radical (unpaired) electrons. The van der Waals surface area contributed by atoms with Crippen LogP contribution in [0.15, 0.2) is 60.7 Å². The number of nitrogens with one attached hydrogen (secondary N) is 1. The van der Waals surface area contributed by atoms with Crippen LogP contribution in [0.5, 0.6) is 0 Å². The minimum atomic E-state index is 0. The third-order valence-electron chi connectivity index (χ3n) is 3.10. The van der Waals surface area contributed by atoms with E-state index in [0.717, 1.165) is 0 Å². The van der Waals surface area contributed by atoms with Crippen molar-refractivity contribution in [3.63, 3.8) is 0 Å². The van der Waals surface area contributed by atoms with Crippen molar-refractivity contribution in [3.05, 3.63) is 71.8 Å². The fourth-order valence-electron chi connectivity index (χ4n) is 2.05. The first-order valence-corrected chi connectivity index (χ1v) is 6.13. The molecule has 0 aliphatic rings. The lowest BCUT2D eigenvalue weighted by molar-refractivity contribution is 0.495. The van der Waals surface area contributed by atoms with Crippen LogP contribution in [0.2, 0.25) is 0 Å². The van der Waals surface area contributed by atoms with Gasteiger partial charge in [0, 0.05) is 12.1 Å². The Hall–Kier alpha value is -1.31. The van der Waals surface area contributed by atoms with Crippen LogP contribution in [0.25, 0.3) is 0 Å². The van der Waals surface area contributed by atoms with Crippen molar-refractivity contribution in [2.45, 2.75) is 25.9 Å². The molecule has 2 heteroatoms. The van der Waals surface area contributed by atoms with Crippen LogP contribution in [0.3, 0.4) is 0 Å². The standard InChI is InChI=1S/C16H19N.ClH/c1-13(15-9-5-3-6-10-15)17-14(2)16-11-7-4-8-12-16;/h3-14,17H,1-2H3;1H. The summed E-state index contributed by atoms with van der Waals surface area (Å²) in [6.07, 6.45) is 0. The van der Waals surface area contributed by atoms with E-state index < -0.39 is 0 Å². The van der Waals surface area contributed by atoms with Gasteiger partial charge in [-0.15, -0.1) is 12.4 Å². The van der Waals surface area contributed by atoms with E-state index in [1.807, 2.05) is 0 Å². The van der Waals surface area contributed by atoms with Gasteiger partial charge in [-0.25, -0.2) is 0 Å². The van der Waals surface area contributed by atoms with E-state index in [2.05, 4.69) is 79.8 Å². The quantitative estimate of drug-likeness (QED) is 0.853. The predicted octanol–water partition coefficient (Wildman–Crippen LogP) is 4.52. The van der Waals surface area contributed by atoms with E-state index in [4.69, 9.17) is 0 Å². The summed E-state index contributed by atoms with van der Waals surface area (Å²) in [5.41, 5.74) is 2.66. The van der Waals surface area contributed by atoms with Gasteiger partial charge in [-0.1, -0.05) is 60.7 Å². The Bertz CT molecular complexity index is 398. The Labute approximate surface area is 116 Å². The molecule has 0 heterocycles. The first-order valence-electron chi connectivity index (χ1n) is 6.13. The molecule has 1 N–H and O–H groups in total. The lowest BCUT2D eigenvalue weighted by Gasteiger charge is -2.20. The highest BCUT2D eigenvalue weighted by Gasteiger charge is 2.09. The molecule has 2 aromatic carbocycles. The maximum Gasteiger partial charge on any atom is 0.0297 e. The van der Waals surface area contributed by atoms with Crippen LogP contribution in [0.1, 0.15) is 37.1 Å². The van der Waals surface area contributed by atoms with Gasteiger partial charge in [0.1, 0.15) is 0 Å². The number of hydrogen-bond acceptors (Lipinski definition) is 1. The molecule has 18 heavy (non-hydrogen) atoms. The summed E-state index contributed by atoms with van der Waals surface area (Å²) >= 11 is 0. The second-order valence-electron chi connectivity index (χ2n) is 4.43. The van der Waals surface area contributed by atoms with Crippen LogP contribution in [-0.4, -0.2) is 0 Å². The minimum Gasteiger partial charge on any atom is -0.304 e. The SMILES string of the molecule is CC(NC(C)c1ccccc1)c1ccccc1.Cl. The van der Waals surface area contributed by atoms with Crippen LogP contribution < -0.4 is 5.32 Å². The highest BCUT2D eigenvalue weighted by molar-refractivity contribution is 5.85. The molecule has 0 bridgehead atoms. The van der Waals surface area contributed by atoms with Crippen molar-refractivity contribution < 1.29 is 0 Å². The molecule has 2 unspecified atom stereocenters. The Morgan fingerprint density at radius 2 is 1.00 bits per heavy atom. The van der Waals surface area contributed by atoms with Gasteiger partial charge in [0.05, 0.1) is 0 Å². The smallest absolute Gasteiger partial charge is 0.0297 e. The molecule has 2 aromatic rings. The lowest BCUT2D eigenvalue weighted by Crippen LogP contribution is -2.22. The third kappa shape index (κ3) is 3.86. The topological polar surface area (TPSA) is 12.0 Å². The molecule has 0 aliphatic carbocycles. The van der Waals surface area contributed by atoms with Crippen molar-refractivity contribution in [1.82, 2.24) is 5.32 Å². The van der Waals surface area contributed by atoms with Crippen LogP contribution >= 0.6 is 12.4 Å². The van der Waals surface area contributed by atoms with E-state index in [-0.39, 0.29) is 12.4 Å². The summed E-state index contributed by atoms with van der Waals surface area (Å²) < 4.78 is 0. The van der Waals surface area contributed by atoms with Crippen LogP contribution in [0.4, 0.5) is 0 Å². The molecule has 96 valence electrons. The number of benzene rings is 2. The fraction of sp³-hybridized carbons (Fsp3) is 0.250. The number of halogens is 1. The summed E-state index contributed by atoms with van der Waals surface area (Å²) in [4.78, 5) is 0. The van der Waals surface area contributed by atoms with Gasteiger partial charge in [-0.05, 0) is 25.0 Å². The Balaban J connectivity index is 0.00000162. The largest absolute Gasteiger partial charge is 0.304 e. The predicted molar refractivity (Wildman–Crippen MR) is 80.1 cm³/mol. The molecule has 0 amide bonds. The molecule has 2 rings (SSSR count). The normalized spacial score (nSPS) is 13.4. The van der Waals surface area contributed by atoms with E-state index in [9.17, 15) is 0 Å². The Morgan fingerprint density at radius 1 is 0.667 bits per heavy atom. The molecule has 0 spiro atoms.